The molecule has 0 aliphatic carbocycles. The lowest BCUT2D eigenvalue weighted by atomic mass is 10.1. The fourth-order valence-electron chi connectivity index (χ4n) is 1.31. The van der Waals surface area contributed by atoms with Crippen LogP contribution in [-0.4, -0.2) is 37.5 Å². The quantitative estimate of drug-likeness (QED) is 0.745. The molecule has 0 radical (unpaired) electrons. The van der Waals surface area contributed by atoms with E-state index in [1.807, 2.05) is 31.3 Å². The number of ether oxygens (including phenoxy) is 1. The molecule has 2 N–H and O–H groups in total. The number of carbonyl (C=O) groups is 1. The van der Waals surface area contributed by atoms with Crippen molar-refractivity contribution in [2.45, 2.75) is 11.3 Å². The second-order valence-electron chi connectivity index (χ2n) is 3.72. The third-order valence-electron chi connectivity index (χ3n) is 2.17. The minimum absolute atomic E-state index is 0.296. The van der Waals surface area contributed by atoms with E-state index < -0.39 is 0 Å². The van der Waals surface area contributed by atoms with Gasteiger partial charge in [0.2, 0.25) is 5.91 Å². The van der Waals surface area contributed by atoms with Crippen molar-refractivity contribution in [2.24, 2.45) is 5.73 Å². The lowest BCUT2D eigenvalue weighted by molar-refractivity contribution is -0.117. The smallest absolute Gasteiger partial charge is 0.221 e. The molecule has 1 amide bonds. The second-order valence-corrected chi connectivity index (χ2v) is 5.00. The standard InChI is InChI=1S/C12H18N2O2S/c1-14(7-8-16-2)17-11-5-3-10(4-6-11)9-12(13)15/h3-6H,7-9H2,1-2H3,(H2,13,15). The van der Waals surface area contributed by atoms with Crippen LogP contribution in [0.1, 0.15) is 5.56 Å². The van der Waals surface area contributed by atoms with Crippen molar-refractivity contribution in [1.82, 2.24) is 4.31 Å². The van der Waals surface area contributed by atoms with Crippen LogP contribution in [0, 0.1) is 0 Å². The highest BCUT2D eigenvalue weighted by Gasteiger charge is 2.02. The normalized spacial score (nSPS) is 10.8. The third kappa shape index (κ3) is 5.72. The molecule has 0 spiro atoms. The topological polar surface area (TPSA) is 55.6 Å². The Morgan fingerprint density at radius 2 is 2.06 bits per heavy atom. The SMILES string of the molecule is COCCN(C)Sc1ccc(CC(N)=O)cc1. The first kappa shape index (κ1) is 14.0. The van der Waals surface area contributed by atoms with Gasteiger partial charge in [-0.15, -0.1) is 0 Å². The summed E-state index contributed by atoms with van der Waals surface area (Å²) in [6.07, 6.45) is 0.296. The third-order valence-corrected chi connectivity index (χ3v) is 3.15. The monoisotopic (exact) mass is 254 g/mol. The van der Waals surface area contributed by atoms with Gasteiger partial charge in [0.05, 0.1) is 13.0 Å². The van der Waals surface area contributed by atoms with Crippen molar-refractivity contribution in [1.29, 1.82) is 0 Å². The van der Waals surface area contributed by atoms with Crippen LogP contribution in [0.15, 0.2) is 29.2 Å². The van der Waals surface area contributed by atoms with Crippen LogP contribution >= 0.6 is 11.9 Å². The van der Waals surface area contributed by atoms with E-state index in [0.717, 1.165) is 17.0 Å². The van der Waals surface area contributed by atoms with E-state index in [1.54, 1.807) is 19.1 Å². The van der Waals surface area contributed by atoms with Gasteiger partial charge in [-0.05, 0) is 36.7 Å². The molecular weight excluding hydrogens is 236 g/mol. The van der Waals surface area contributed by atoms with Crippen molar-refractivity contribution < 1.29 is 9.53 Å². The molecule has 5 heteroatoms. The maximum atomic E-state index is 10.7. The van der Waals surface area contributed by atoms with Crippen LogP contribution in [0.25, 0.3) is 0 Å². The second kappa shape index (κ2) is 7.32. The van der Waals surface area contributed by atoms with Gasteiger partial charge in [-0.3, -0.25) is 4.79 Å². The molecule has 0 aromatic heterocycles. The number of carbonyl (C=O) groups excluding carboxylic acids is 1. The number of nitrogens with zero attached hydrogens (tertiary/aromatic N) is 1. The van der Waals surface area contributed by atoms with E-state index in [4.69, 9.17) is 10.5 Å². The van der Waals surface area contributed by atoms with E-state index in [1.165, 1.54) is 0 Å². The summed E-state index contributed by atoms with van der Waals surface area (Å²) in [5.41, 5.74) is 6.08. The largest absolute Gasteiger partial charge is 0.383 e. The molecular formula is C12H18N2O2S. The van der Waals surface area contributed by atoms with Gasteiger partial charge >= 0.3 is 0 Å². The zero-order valence-electron chi connectivity index (χ0n) is 10.2. The van der Waals surface area contributed by atoms with E-state index in [0.29, 0.717) is 13.0 Å². The molecule has 4 nitrogen and oxygen atoms in total. The number of nitrogens with two attached hydrogens (primary N) is 1. The Morgan fingerprint density at radius 3 is 2.59 bits per heavy atom. The minimum atomic E-state index is -0.303. The van der Waals surface area contributed by atoms with Gasteiger partial charge < -0.3 is 10.5 Å². The van der Waals surface area contributed by atoms with E-state index in [9.17, 15) is 4.79 Å². The maximum absolute atomic E-state index is 10.7. The first-order valence-corrected chi connectivity index (χ1v) is 6.14. The first-order valence-electron chi connectivity index (χ1n) is 5.37. The molecule has 1 aromatic rings. The fraction of sp³-hybridized carbons (Fsp3) is 0.417. The van der Waals surface area contributed by atoms with Gasteiger partial charge in [0, 0.05) is 18.6 Å². The molecule has 0 aliphatic rings. The maximum Gasteiger partial charge on any atom is 0.221 e. The summed E-state index contributed by atoms with van der Waals surface area (Å²) in [6, 6.07) is 7.84. The predicted molar refractivity (Wildman–Crippen MR) is 69.7 cm³/mol. The summed E-state index contributed by atoms with van der Waals surface area (Å²) in [6.45, 7) is 1.58. The number of hydrogen-bond donors (Lipinski definition) is 1. The van der Waals surface area contributed by atoms with Gasteiger partial charge in [0.15, 0.2) is 0 Å². The lowest BCUT2D eigenvalue weighted by Gasteiger charge is -2.14. The van der Waals surface area contributed by atoms with Gasteiger partial charge in [-0.2, -0.15) is 0 Å². The molecule has 94 valence electrons. The summed E-state index contributed by atoms with van der Waals surface area (Å²) in [7, 11) is 3.71. The average molecular weight is 254 g/mol. The molecule has 17 heavy (non-hydrogen) atoms. The van der Waals surface area contributed by atoms with Crippen molar-refractivity contribution >= 4 is 17.9 Å². The number of primary amides is 1. The summed E-state index contributed by atoms with van der Waals surface area (Å²) < 4.78 is 7.11. The number of rotatable bonds is 7. The van der Waals surface area contributed by atoms with Gasteiger partial charge in [0.1, 0.15) is 0 Å². The lowest BCUT2D eigenvalue weighted by Crippen LogP contribution is -2.15. The Hall–Kier alpha value is -1.04. The number of methoxy groups -OCH3 is 1. The molecule has 0 fully saturated rings. The summed E-state index contributed by atoms with van der Waals surface area (Å²) >= 11 is 1.65. The summed E-state index contributed by atoms with van der Waals surface area (Å²) in [4.78, 5) is 11.9. The van der Waals surface area contributed by atoms with Crippen molar-refractivity contribution in [3.05, 3.63) is 29.8 Å². The van der Waals surface area contributed by atoms with Gasteiger partial charge in [-0.25, -0.2) is 4.31 Å². The fourth-order valence-corrected chi connectivity index (χ4v) is 2.10. The van der Waals surface area contributed by atoms with Crippen molar-refractivity contribution in [3.63, 3.8) is 0 Å². The zero-order chi connectivity index (χ0) is 12.7. The molecule has 0 aliphatic heterocycles. The number of hydrogen-bond acceptors (Lipinski definition) is 4. The molecule has 1 aromatic carbocycles. The molecule has 0 saturated carbocycles. The number of likely N-dealkylation sites (N-methyl/N-ethyl adjacent to an activating group) is 1. The van der Waals surface area contributed by atoms with Crippen LogP contribution in [0.2, 0.25) is 0 Å². The average Bonchev–Trinajstić information content (AvgIpc) is 2.28. The minimum Gasteiger partial charge on any atom is -0.383 e. The van der Waals surface area contributed by atoms with Crippen LogP contribution in [0.3, 0.4) is 0 Å². The molecule has 0 bridgehead atoms. The van der Waals surface area contributed by atoms with Crippen LogP contribution in [-0.2, 0) is 16.0 Å². The highest BCUT2D eigenvalue weighted by atomic mass is 32.2. The highest BCUT2D eigenvalue weighted by molar-refractivity contribution is 7.97. The molecule has 0 unspecified atom stereocenters. The van der Waals surface area contributed by atoms with Crippen LogP contribution in [0.5, 0.6) is 0 Å². The Labute approximate surface area is 106 Å². The van der Waals surface area contributed by atoms with E-state index in [2.05, 4.69) is 4.31 Å². The Kier molecular flexibility index (Phi) is 6.04. The Balaban J connectivity index is 2.47. The van der Waals surface area contributed by atoms with Crippen molar-refractivity contribution in [2.75, 3.05) is 27.3 Å². The molecule has 0 heterocycles. The van der Waals surface area contributed by atoms with Gasteiger partial charge in [0.25, 0.3) is 0 Å². The zero-order valence-corrected chi connectivity index (χ0v) is 11.0. The Bertz CT molecular complexity index is 354. The number of benzene rings is 1. The summed E-state index contributed by atoms with van der Waals surface area (Å²) in [5.74, 6) is -0.303. The molecule has 0 saturated heterocycles. The van der Waals surface area contributed by atoms with Crippen LogP contribution in [0.4, 0.5) is 0 Å². The predicted octanol–water partition coefficient (Wildman–Crippen LogP) is 1.30. The summed E-state index contributed by atoms with van der Waals surface area (Å²) in [5, 5.41) is 0. The molecule has 1 rings (SSSR count). The van der Waals surface area contributed by atoms with E-state index >= 15 is 0 Å². The first-order chi connectivity index (χ1) is 8.11. The van der Waals surface area contributed by atoms with E-state index in [-0.39, 0.29) is 5.91 Å². The Morgan fingerprint density at radius 1 is 1.41 bits per heavy atom. The molecule has 0 atom stereocenters. The highest BCUT2D eigenvalue weighted by Crippen LogP contribution is 2.21. The number of amides is 1. The van der Waals surface area contributed by atoms with Crippen molar-refractivity contribution in [3.8, 4) is 0 Å². The van der Waals surface area contributed by atoms with Gasteiger partial charge in [-0.1, -0.05) is 12.1 Å². The van der Waals surface area contributed by atoms with Crippen LogP contribution < -0.4 is 5.73 Å².